The third kappa shape index (κ3) is 7.14. The van der Waals surface area contributed by atoms with Crippen molar-refractivity contribution in [2.45, 2.75) is 6.36 Å². The Hall–Kier alpha value is -5.20. The van der Waals surface area contributed by atoms with Gasteiger partial charge in [-0.3, -0.25) is 15.4 Å². The van der Waals surface area contributed by atoms with Crippen LogP contribution in [0.2, 0.25) is 0 Å². The predicted molar refractivity (Wildman–Crippen MR) is 126 cm³/mol. The van der Waals surface area contributed by atoms with E-state index in [-0.39, 0.29) is 17.2 Å². The Labute approximate surface area is 206 Å². The molecule has 0 saturated carbocycles. The standard InChI is InChI=1S/C24H16F3N5O5/c25-24(26,27)37-21-12-6-18(7-13-21)31-15-28-22(30-31)14-3-16-1-4-17(5-2-16)29-23(33)36-20-10-8-19(9-11-20)32(34)35/h1-15H,(H,29,33)/b14-3+. The van der Waals surface area contributed by atoms with Gasteiger partial charge in [0.25, 0.3) is 5.69 Å². The van der Waals surface area contributed by atoms with Crippen LogP contribution >= 0.6 is 0 Å². The first-order chi connectivity index (χ1) is 17.6. The number of non-ortho nitro benzene ring substituents is 1. The fraction of sp³-hybridized carbons (Fsp3) is 0.0417. The van der Waals surface area contributed by atoms with Gasteiger partial charge < -0.3 is 9.47 Å². The van der Waals surface area contributed by atoms with Crippen LogP contribution < -0.4 is 14.8 Å². The van der Waals surface area contributed by atoms with E-state index in [1.165, 1.54) is 59.5 Å². The molecular formula is C24H16F3N5O5. The molecule has 1 N–H and O–H groups in total. The summed E-state index contributed by atoms with van der Waals surface area (Å²) in [5.41, 5.74) is 1.62. The second-order valence-electron chi connectivity index (χ2n) is 7.31. The van der Waals surface area contributed by atoms with Crippen LogP contribution in [0.4, 0.5) is 29.3 Å². The molecule has 3 aromatic carbocycles. The van der Waals surface area contributed by atoms with E-state index >= 15 is 0 Å². The molecule has 0 atom stereocenters. The van der Waals surface area contributed by atoms with Crippen molar-refractivity contribution in [2.75, 3.05) is 5.32 Å². The lowest BCUT2D eigenvalue weighted by Gasteiger charge is -2.09. The van der Waals surface area contributed by atoms with Gasteiger partial charge in [-0.25, -0.2) is 14.5 Å². The normalized spacial score (nSPS) is 11.3. The lowest BCUT2D eigenvalue weighted by atomic mass is 10.2. The van der Waals surface area contributed by atoms with Gasteiger partial charge in [-0.1, -0.05) is 18.2 Å². The van der Waals surface area contributed by atoms with Crippen molar-refractivity contribution < 1.29 is 32.4 Å². The molecule has 0 fully saturated rings. The highest BCUT2D eigenvalue weighted by atomic mass is 19.4. The van der Waals surface area contributed by atoms with Crippen LogP contribution in [0.5, 0.6) is 11.5 Å². The Bertz CT molecular complexity index is 1420. The first-order valence-corrected chi connectivity index (χ1v) is 10.4. The first-order valence-electron chi connectivity index (χ1n) is 10.4. The number of aromatic nitrogens is 3. The average molecular weight is 511 g/mol. The number of rotatable bonds is 7. The van der Waals surface area contributed by atoms with E-state index in [0.717, 1.165) is 5.56 Å². The van der Waals surface area contributed by atoms with Crippen molar-refractivity contribution in [3.63, 3.8) is 0 Å². The van der Waals surface area contributed by atoms with E-state index in [0.29, 0.717) is 17.2 Å². The number of nitro benzene ring substituents is 1. The summed E-state index contributed by atoms with van der Waals surface area (Å²) in [6.07, 6.45) is -0.727. The van der Waals surface area contributed by atoms with Gasteiger partial charge in [-0.2, -0.15) is 0 Å². The molecule has 1 amide bonds. The van der Waals surface area contributed by atoms with E-state index < -0.39 is 17.4 Å². The molecule has 0 bridgehead atoms. The van der Waals surface area contributed by atoms with Gasteiger partial charge in [0.1, 0.15) is 17.8 Å². The fourth-order valence-electron chi connectivity index (χ4n) is 3.01. The Balaban J connectivity index is 1.32. The lowest BCUT2D eigenvalue weighted by molar-refractivity contribution is -0.384. The monoisotopic (exact) mass is 511 g/mol. The molecule has 1 aromatic heterocycles. The third-order valence-electron chi connectivity index (χ3n) is 4.68. The number of hydrogen-bond acceptors (Lipinski definition) is 7. The van der Waals surface area contributed by atoms with Crippen molar-refractivity contribution in [1.29, 1.82) is 0 Å². The molecule has 0 radical (unpaired) electrons. The van der Waals surface area contributed by atoms with Crippen LogP contribution in [0, 0.1) is 10.1 Å². The summed E-state index contributed by atoms with van der Waals surface area (Å²) in [5.74, 6) is 0.179. The fourth-order valence-corrected chi connectivity index (χ4v) is 3.01. The second-order valence-corrected chi connectivity index (χ2v) is 7.31. The minimum absolute atomic E-state index is 0.119. The highest BCUT2D eigenvalue weighted by molar-refractivity contribution is 5.86. The van der Waals surface area contributed by atoms with Crippen LogP contribution in [0.25, 0.3) is 17.8 Å². The molecule has 0 aliphatic heterocycles. The largest absolute Gasteiger partial charge is 0.573 e. The number of nitrogens with zero attached hydrogens (tertiary/aromatic N) is 4. The number of alkyl halides is 3. The molecule has 0 unspecified atom stereocenters. The quantitative estimate of drug-likeness (QED) is 0.244. The van der Waals surface area contributed by atoms with Gasteiger partial charge in [0.2, 0.25) is 0 Å². The number of halogens is 3. The molecule has 0 saturated heterocycles. The molecular weight excluding hydrogens is 495 g/mol. The van der Waals surface area contributed by atoms with Gasteiger partial charge in [-0.05, 0) is 60.2 Å². The molecule has 37 heavy (non-hydrogen) atoms. The number of anilines is 1. The molecule has 1 heterocycles. The van der Waals surface area contributed by atoms with Crippen molar-refractivity contribution in [2.24, 2.45) is 0 Å². The molecule has 10 nitrogen and oxygen atoms in total. The van der Waals surface area contributed by atoms with E-state index in [2.05, 4.69) is 20.1 Å². The van der Waals surface area contributed by atoms with E-state index in [1.807, 2.05) is 0 Å². The van der Waals surface area contributed by atoms with Gasteiger partial charge >= 0.3 is 12.5 Å². The van der Waals surface area contributed by atoms with Gasteiger partial charge in [0.05, 0.1) is 10.6 Å². The number of nitro groups is 1. The Kier molecular flexibility index (Phi) is 7.14. The second kappa shape index (κ2) is 10.6. The van der Waals surface area contributed by atoms with Crippen LogP contribution in [-0.2, 0) is 0 Å². The molecule has 4 rings (SSSR count). The summed E-state index contributed by atoms with van der Waals surface area (Å²) in [5, 5.41) is 17.5. The molecule has 0 aliphatic carbocycles. The maximum Gasteiger partial charge on any atom is 0.573 e. The summed E-state index contributed by atoms with van der Waals surface area (Å²) < 4.78 is 47.2. The Morgan fingerprint density at radius 1 is 0.946 bits per heavy atom. The minimum atomic E-state index is -4.76. The zero-order valence-electron chi connectivity index (χ0n) is 18.6. The van der Waals surface area contributed by atoms with E-state index in [1.54, 1.807) is 36.4 Å². The smallest absolute Gasteiger partial charge is 0.410 e. The van der Waals surface area contributed by atoms with Crippen molar-refractivity contribution in [1.82, 2.24) is 14.8 Å². The third-order valence-corrected chi connectivity index (χ3v) is 4.68. The van der Waals surface area contributed by atoms with Crippen molar-refractivity contribution >= 4 is 29.6 Å². The van der Waals surface area contributed by atoms with Crippen LogP contribution in [0.15, 0.2) is 79.1 Å². The molecule has 4 aromatic rings. The molecule has 188 valence electrons. The highest BCUT2D eigenvalue weighted by Gasteiger charge is 2.31. The number of amides is 1. The highest BCUT2D eigenvalue weighted by Crippen LogP contribution is 2.23. The number of hydrogen-bond donors (Lipinski definition) is 1. The number of benzene rings is 3. The van der Waals surface area contributed by atoms with Crippen molar-refractivity contribution in [3.05, 3.63) is 101 Å². The Morgan fingerprint density at radius 2 is 1.59 bits per heavy atom. The zero-order valence-corrected chi connectivity index (χ0v) is 18.6. The predicted octanol–water partition coefficient (Wildman–Crippen LogP) is 5.86. The number of carbonyl (C=O) groups excluding carboxylic acids is 1. The van der Waals surface area contributed by atoms with Crippen LogP contribution in [-0.4, -0.2) is 32.1 Å². The number of carbonyl (C=O) groups is 1. The van der Waals surface area contributed by atoms with Gasteiger partial charge in [0.15, 0.2) is 5.82 Å². The number of nitrogens with one attached hydrogen (secondary N) is 1. The zero-order chi connectivity index (χ0) is 26.4. The lowest BCUT2D eigenvalue weighted by Crippen LogP contribution is -2.17. The van der Waals surface area contributed by atoms with Crippen molar-refractivity contribution in [3.8, 4) is 17.2 Å². The molecule has 0 spiro atoms. The average Bonchev–Trinajstić information content (AvgIpc) is 3.32. The molecule has 13 heteroatoms. The van der Waals surface area contributed by atoms with Gasteiger partial charge in [0, 0.05) is 17.8 Å². The summed E-state index contributed by atoms with van der Waals surface area (Å²) in [4.78, 5) is 26.3. The maximum atomic E-state index is 12.3. The number of ether oxygens (including phenoxy) is 2. The van der Waals surface area contributed by atoms with Crippen LogP contribution in [0.1, 0.15) is 11.4 Å². The summed E-state index contributed by atoms with van der Waals surface area (Å²) in [6.45, 7) is 0. The topological polar surface area (TPSA) is 121 Å². The first kappa shape index (κ1) is 24.9. The SMILES string of the molecule is O=C(Nc1ccc(/C=C/c2ncn(-c3ccc(OC(F)(F)F)cc3)n2)cc1)Oc1ccc([N+](=O)[O-])cc1. The van der Waals surface area contributed by atoms with Gasteiger partial charge in [-0.15, -0.1) is 18.3 Å². The minimum Gasteiger partial charge on any atom is -0.410 e. The Morgan fingerprint density at radius 3 is 2.22 bits per heavy atom. The van der Waals surface area contributed by atoms with Crippen LogP contribution in [0.3, 0.4) is 0 Å². The van der Waals surface area contributed by atoms with E-state index in [4.69, 9.17) is 4.74 Å². The molecule has 0 aliphatic rings. The summed E-state index contributed by atoms with van der Waals surface area (Å²) in [6, 6.07) is 17.0. The summed E-state index contributed by atoms with van der Waals surface area (Å²) in [7, 11) is 0. The van der Waals surface area contributed by atoms with E-state index in [9.17, 15) is 28.1 Å². The summed E-state index contributed by atoms with van der Waals surface area (Å²) >= 11 is 0. The maximum absolute atomic E-state index is 12.3.